The van der Waals surface area contributed by atoms with Gasteiger partial charge >= 0.3 is 0 Å². The van der Waals surface area contributed by atoms with E-state index in [1.807, 2.05) is 72.8 Å². The van der Waals surface area contributed by atoms with Crippen molar-refractivity contribution in [1.82, 2.24) is 15.0 Å². The second-order valence-electron chi connectivity index (χ2n) is 7.77. The van der Waals surface area contributed by atoms with Crippen LogP contribution in [0.25, 0.3) is 33.4 Å². The van der Waals surface area contributed by atoms with Crippen molar-refractivity contribution in [3.8, 4) is 22.4 Å². The molecule has 6 heteroatoms. The largest absolute Gasteiger partial charge is 0.301 e. The molecule has 0 fully saturated rings. The van der Waals surface area contributed by atoms with Crippen LogP contribution in [0.3, 0.4) is 0 Å². The van der Waals surface area contributed by atoms with Gasteiger partial charge in [-0.3, -0.25) is 4.79 Å². The Morgan fingerprint density at radius 1 is 0.879 bits per heavy atom. The first-order valence-corrected chi connectivity index (χ1v) is 11.9. The molecule has 0 bridgehead atoms. The van der Waals surface area contributed by atoms with E-state index < -0.39 is 0 Å². The van der Waals surface area contributed by atoms with Gasteiger partial charge in [-0.15, -0.1) is 0 Å². The summed E-state index contributed by atoms with van der Waals surface area (Å²) in [7, 11) is 0. The monoisotopic (exact) mass is 469 g/mol. The molecule has 0 amide bonds. The predicted molar refractivity (Wildman–Crippen MR) is 137 cm³/mol. The quantitative estimate of drug-likeness (QED) is 0.224. The van der Waals surface area contributed by atoms with Gasteiger partial charge in [-0.2, -0.15) is 0 Å². The number of hydrogen-bond donors (Lipinski definition) is 1. The van der Waals surface area contributed by atoms with Crippen LogP contribution in [0.1, 0.15) is 11.1 Å². The zero-order chi connectivity index (χ0) is 22.8. The molecule has 2 aromatic heterocycles. The maximum absolute atomic E-state index is 13.2. The van der Waals surface area contributed by atoms with Crippen LogP contribution < -0.4 is 5.56 Å². The average Bonchev–Trinajstić information content (AvgIpc) is 2.84. The number of nitrogens with zero attached hydrogens (tertiary/aromatic N) is 2. The summed E-state index contributed by atoms with van der Waals surface area (Å²) in [6.07, 6.45) is 0. The Kier molecular flexibility index (Phi) is 5.99. The van der Waals surface area contributed by atoms with E-state index >= 15 is 0 Å². The summed E-state index contributed by atoms with van der Waals surface area (Å²) in [5.74, 6) is 0.662. The second kappa shape index (κ2) is 9.22. The molecule has 3 aromatic carbocycles. The minimum absolute atomic E-state index is 0.194. The fourth-order valence-corrected chi connectivity index (χ4v) is 4.58. The molecule has 0 atom stereocenters. The minimum Gasteiger partial charge on any atom is -0.301 e. The Morgan fingerprint density at radius 2 is 1.61 bits per heavy atom. The van der Waals surface area contributed by atoms with Crippen molar-refractivity contribution < 1.29 is 0 Å². The predicted octanol–water partition coefficient (Wildman–Crippen LogP) is 6.91. The molecule has 0 aliphatic heterocycles. The van der Waals surface area contributed by atoms with E-state index in [-0.39, 0.29) is 5.56 Å². The van der Waals surface area contributed by atoms with Crippen LogP contribution in [-0.4, -0.2) is 15.0 Å². The lowest BCUT2D eigenvalue weighted by atomic mass is 10.00. The summed E-state index contributed by atoms with van der Waals surface area (Å²) in [4.78, 5) is 25.6. The van der Waals surface area contributed by atoms with Gasteiger partial charge in [-0.1, -0.05) is 95.7 Å². The number of aromatic nitrogens is 3. The molecule has 0 radical (unpaired) electrons. The molecule has 162 valence electrons. The van der Waals surface area contributed by atoms with Crippen molar-refractivity contribution in [3.63, 3.8) is 0 Å². The molecular formula is C27H20ClN3OS. The molecule has 0 saturated heterocycles. The SMILES string of the molecule is Cc1ccc(-c2cc(-c3ccccc3)c3c(=O)[nH]c(SCc4ccc(Cl)cc4)nc3n2)cc1. The maximum Gasteiger partial charge on any atom is 0.261 e. The first-order valence-electron chi connectivity index (χ1n) is 10.5. The van der Waals surface area contributed by atoms with Gasteiger partial charge < -0.3 is 4.98 Å². The molecular weight excluding hydrogens is 450 g/mol. The molecule has 0 aliphatic rings. The lowest BCUT2D eigenvalue weighted by Gasteiger charge is -2.11. The maximum atomic E-state index is 13.2. The Balaban J connectivity index is 1.62. The van der Waals surface area contributed by atoms with Crippen LogP contribution in [0.15, 0.2) is 94.9 Å². The smallest absolute Gasteiger partial charge is 0.261 e. The van der Waals surface area contributed by atoms with E-state index in [0.29, 0.717) is 27.0 Å². The van der Waals surface area contributed by atoms with Gasteiger partial charge in [0.15, 0.2) is 10.8 Å². The topological polar surface area (TPSA) is 58.6 Å². The normalized spacial score (nSPS) is 11.1. The molecule has 33 heavy (non-hydrogen) atoms. The number of aryl methyl sites for hydroxylation is 1. The third kappa shape index (κ3) is 4.70. The summed E-state index contributed by atoms with van der Waals surface area (Å²) in [5.41, 5.74) is 6.06. The molecule has 0 aliphatic carbocycles. The number of pyridine rings is 1. The number of H-pyrrole nitrogens is 1. The second-order valence-corrected chi connectivity index (χ2v) is 9.17. The molecule has 0 unspecified atom stereocenters. The highest BCUT2D eigenvalue weighted by atomic mass is 35.5. The van der Waals surface area contributed by atoms with Crippen molar-refractivity contribution in [2.24, 2.45) is 0 Å². The highest BCUT2D eigenvalue weighted by molar-refractivity contribution is 7.98. The van der Waals surface area contributed by atoms with Crippen LogP contribution in [0.2, 0.25) is 5.02 Å². The fourth-order valence-electron chi connectivity index (χ4n) is 3.64. The molecule has 0 saturated carbocycles. The summed E-state index contributed by atoms with van der Waals surface area (Å²) in [5, 5.41) is 1.73. The number of thioether (sulfide) groups is 1. The molecule has 4 nitrogen and oxygen atoms in total. The average molecular weight is 470 g/mol. The van der Waals surface area contributed by atoms with Gasteiger partial charge in [0.05, 0.1) is 11.1 Å². The highest BCUT2D eigenvalue weighted by Crippen LogP contribution is 2.31. The van der Waals surface area contributed by atoms with E-state index in [1.54, 1.807) is 0 Å². The molecule has 5 aromatic rings. The molecule has 5 rings (SSSR count). The summed E-state index contributed by atoms with van der Waals surface area (Å²) in [6, 6.07) is 27.7. The van der Waals surface area contributed by atoms with Gasteiger partial charge in [0.1, 0.15) is 0 Å². The highest BCUT2D eigenvalue weighted by Gasteiger charge is 2.15. The Labute approximate surface area is 200 Å². The van der Waals surface area contributed by atoms with Crippen LogP contribution in [0.5, 0.6) is 0 Å². The third-order valence-corrected chi connectivity index (χ3v) is 6.57. The lowest BCUT2D eigenvalue weighted by Crippen LogP contribution is -2.12. The number of nitrogens with one attached hydrogen (secondary N) is 1. The van der Waals surface area contributed by atoms with Crippen LogP contribution >= 0.6 is 23.4 Å². The number of hydrogen-bond acceptors (Lipinski definition) is 4. The van der Waals surface area contributed by atoms with Crippen molar-refractivity contribution in [2.45, 2.75) is 17.8 Å². The Morgan fingerprint density at radius 3 is 2.33 bits per heavy atom. The van der Waals surface area contributed by atoms with Crippen molar-refractivity contribution in [2.75, 3.05) is 0 Å². The third-order valence-electron chi connectivity index (χ3n) is 5.38. The number of fused-ring (bicyclic) bond motifs is 1. The van der Waals surface area contributed by atoms with E-state index in [1.165, 1.54) is 17.3 Å². The molecule has 2 heterocycles. The summed E-state index contributed by atoms with van der Waals surface area (Å²) < 4.78 is 0. The van der Waals surface area contributed by atoms with Gasteiger partial charge in [0.2, 0.25) is 0 Å². The molecule has 0 spiro atoms. The fraction of sp³-hybridized carbons (Fsp3) is 0.0741. The zero-order valence-corrected chi connectivity index (χ0v) is 19.5. The lowest BCUT2D eigenvalue weighted by molar-refractivity contribution is 0.961. The van der Waals surface area contributed by atoms with Crippen molar-refractivity contribution in [3.05, 3.63) is 111 Å². The minimum atomic E-state index is -0.194. The summed E-state index contributed by atoms with van der Waals surface area (Å²) in [6.45, 7) is 2.05. The van der Waals surface area contributed by atoms with E-state index in [2.05, 4.69) is 24.0 Å². The number of aromatic amines is 1. The van der Waals surface area contributed by atoms with Gasteiger partial charge in [0.25, 0.3) is 5.56 Å². The van der Waals surface area contributed by atoms with Crippen LogP contribution in [0.4, 0.5) is 0 Å². The van der Waals surface area contributed by atoms with Crippen molar-refractivity contribution in [1.29, 1.82) is 0 Å². The van der Waals surface area contributed by atoms with E-state index in [9.17, 15) is 4.79 Å². The number of benzene rings is 3. The summed E-state index contributed by atoms with van der Waals surface area (Å²) >= 11 is 7.44. The van der Waals surface area contributed by atoms with Crippen molar-refractivity contribution >= 4 is 34.4 Å². The molecule has 1 N–H and O–H groups in total. The van der Waals surface area contributed by atoms with Gasteiger partial charge in [-0.25, -0.2) is 9.97 Å². The first kappa shape index (κ1) is 21.4. The van der Waals surface area contributed by atoms with Gasteiger partial charge in [-0.05, 0) is 36.2 Å². The van der Waals surface area contributed by atoms with Gasteiger partial charge in [0, 0.05) is 21.9 Å². The number of halogens is 1. The van der Waals surface area contributed by atoms with E-state index in [4.69, 9.17) is 21.6 Å². The first-order chi connectivity index (χ1) is 16.1. The number of rotatable bonds is 5. The van der Waals surface area contributed by atoms with Crippen LogP contribution in [0, 0.1) is 6.92 Å². The standard InChI is InChI=1S/C27H20ClN3OS/c1-17-7-11-20(12-8-17)23-15-22(19-5-3-2-4-6-19)24-25(29-23)30-27(31-26(24)32)33-16-18-9-13-21(28)14-10-18/h2-15H,16H2,1H3,(H,29,30,31,32). The Bertz CT molecular complexity index is 1480. The zero-order valence-electron chi connectivity index (χ0n) is 17.9. The van der Waals surface area contributed by atoms with Crippen LogP contribution in [-0.2, 0) is 5.75 Å². The Hall–Kier alpha value is -3.41. The van der Waals surface area contributed by atoms with E-state index in [0.717, 1.165) is 27.9 Å².